The van der Waals surface area contributed by atoms with Crippen LogP contribution in [-0.4, -0.2) is 64.8 Å². The molecule has 24 heavy (non-hydrogen) atoms. The van der Waals surface area contributed by atoms with Crippen LogP contribution in [0, 0.1) is 0 Å². The number of benzene rings is 1. The summed E-state index contributed by atoms with van der Waals surface area (Å²) in [6, 6.07) is 5.73. The van der Waals surface area contributed by atoms with Crippen LogP contribution in [0.15, 0.2) is 34.4 Å². The normalized spacial score (nSPS) is 23.3. The Morgan fingerprint density at radius 1 is 1.42 bits per heavy atom. The van der Waals surface area contributed by atoms with Gasteiger partial charge in [-0.05, 0) is 19.1 Å². The van der Waals surface area contributed by atoms with Gasteiger partial charge in [0.05, 0.1) is 6.21 Å². The highest BCUT2D eigenvalue weighted by atomic mass is 16.3. The number of hydrogen-bond donors (Lipinski definition) is 3. The number of phenolic OH excluding ortho intramolecular Hbond substituents is 1. The summed E-state index contributed by atoms with van der Waals surface area (Å²) < 4.78 is 0. The van der Waals surface area contributed by atoms with Gasteiger partial charge in [0.25, 0.3) is 5.91 Å². The van der Waals surface area contributed by atoms with Crippen molar-refractivity contribution in [2.24, 2.45) is 10.1 Å². The van der Waals surface area contributed by atoms with Gasteiger partial charge in [0, 0.05) is 19.2 Å². The average molecular weight is 330 g/mol. The minimum Gasteiger partial charge on any atom is -0.507 e. The molecular formula is C15H18N6O3. The third-order valence-corrected chi connectivity index (χ3v) is 4.01. The molecule has 1 aromatic rings. The molecule has 0 bridgehead atoms. The van der Waals surface area contributed by atoms with Crippen molar-refractivity contribution in [2.75, 3.05) is 13.6 Å². The average Bonchev–Trinajstić information content (AvgIpc) is 2.94. The third-order valence-electron chi connectivity index (χ3n) is 4.01. The van der Waals surface area contributed by atoms with Crippen LogP contribution in [0.1, 0.15) is 12.5 Å². The molecule has 0 saturated carbocycles. The first-order chi connectivity index (χ1) is 11.5. The van der Waals surface area contributed by atoms with E-state index in [9.17, 15) is 14.7 Å². The summed E-state index contributed by atoms with van der Waals surface area (Å²) in [7, 11) is 1.59. The van der Waals surface area contributed by atoms with Crippen LogP contribution in [0.2, 0.25) is 0 Å². The van der Waals surface area contributed by atoms with E-state index in [4.69, 9.17) is 0 Å². The fourth-order valence-corrected chi connectivity index (χ4v) is 2.72. The second-order valence-electron chi connectivity index (χ2n) is 5.43. The summed E-state index contributed by atoms with van der Waals surface area (Å²) >= 11 is 0. The highest BCUT2D eigenvalue weighted by Gasteiger charge is 2.48. The Labute approximate surface area is 138 Å². The first kappa shape index (κ1) is 15.8. The SMILES string of the molecule is CCN1C(N/N=C/c2ccccc2O)=NC2C1C(=O)NC(=O)N2C. The predicted molar refractivity (Wildman–Crippen MR) is 87.5 cm³/mol. The first-order valence-corrected chi connectivity index (χ1v) is 7.52. The van der Waals surface area contributed by atoms with Crippen molar-refractivity contribution in [2.45, 2.75) is 19.1 Å². The van der Waals surface area contributed by atoms with E-state index in [0.717, 1.165) is 0 Å². The number of para-hydroxylation sites is 1. The number of hydrazone groups is 1. The zero-order valence-corrected chi connectivity index (χ0v) is 13.3. The lowest BCUT2D eigenvalue weighted by Crippen LogP contribution is -2.64. The van der Waals surface area contributed by atoms with Crippen LogP contribution >= 0.6 is 0 Å². The van der Waals surface area contributed by atoms with E-state index < -0.39 is 18.2 Å². The Bertz CT molecular complexity index is 732. The Morgan fingerprint density at radius 2 is 2.17 bits per heavy atom. The molecule has 3 amide bonds. The number of guanidine groups is 1. The van der Waals surface area contributed by atoms with Crippen LogP contribution in [0.3, 0.4) is 0 Å². The number of phenols is 1. The molecule has 2 unspecified atom stereocenters. The van der Waals surface area contributed by atoms with Gasteiger partial charge >= 0.3 is 6.03 Å². The van der Waals surface area contributed by atoms with Gasteiger partial charge in [0.1, 0.15) is 5.75 Å². The summed E-state index contributed by atoms with van der Waals surface area (Å²) in [5, 5.41) is 16.1. The van der Waals surface area contributed by atoms with Crippen LogP contribution in [-0.2, 0) is 4.79 Å². The van der Waals surface area contributed by atoms with Crippen molar-refractivity contribution in [3.63, 3.8) is 0 Å². The number of carbonyl (C=O) groups is 2. The second-order valence-corrected chi connectivity index (χ2v) is 5.43. The van der Waals surface area contributed by atoms with Crippen LogP contribution in [0.5, 0.6) is 5.75 Å². The number of nitrogens with zero attached hydrogens (tertiary/aromatic N) is 4. The number of likely N-dealkylation sites (N-methyl/N-ethyl adjacent to an activating group) is 2. The van der Waals surface area contributed by atoms with Gasteiger partial charge in [-0.25, -0.2) is 15.2 Å². The molecule has 0 radical (unpaired) electrons. The quantitative estimate of drug-likeness (QED) is 0.529. The second kappa shape index (κ2) is 6.19. The van der Waals surface area contributed by atoms with Gasteiger partial charge in [-0.3, -0.25) is 10.1 Å². The van der Waals surface area contributed by atoms with Crippen LogP contribution in [0.4, 0.5) is 4.79 Å². The zero-order chi connectivity index (χ0) is 17.3. The Morgan fingerprint density at radius 3 is 2.88 bits per heavy atom. The number of urea groups is 1. The summed E-state index contributed by atoms with van der Waals surface area (Å²) in [5.74, 6) is 0.133. The number of fused-ring (bicyclic) bond motifs is 1. The number of imide groups is 1. The molecule has 2 aliphatic heterocycles. The van der Waals surface area contributed by atoms with E-state index >= 15 is 0 Å². The van der Waals surface area contributed by atoms with Crippen molar-refractivity contribution < 1.29 is 14.7 Å². The van der Waals surface area contributed by atoms with Gasteiger partial charge in [-0.2, -0.15) is 5.10 Å². The molecule has 0 aliphatic carbocycles. The fraction of sp³-hybridized carbons (Fsp3) is 0.333. The molecule has 9 nitrogen and oxygen atoms in total. The largest absolute Gasteiger partial charge is 0.507 e. The fourth-order valence-electron chi connectivity index (χ4n) is 2.72. The van der Waals surface area contributed by atoms with Crippen LogP contribution < -0.4 is 10.7 Å². The molecule has 1 fully saturated rings. The first-order valence-electron chi connectivity index (χ1n) is 7.52. The number of hydrogen-bond acceptors (Lipinski definition) is 7. The van der Waals surface area contributed by atoms with Gasteiger partial charge in [0.2, 0.25) is 5.96 Å². The van der Waals surface area contributed by atoms with Crippen molar-refractivity contribution in [3.05, 3.63) is 29.8 Å². The highest BCUT2D eigenvalue weighted by molar-refractivity contribution is 6.03. The molecule has 0 aromatic heterocycles. The maximum absolute atomic E-state index is 12.1. The molecule has 0 spiro atoms. The summed E-state index contributed by atoms with van der Waals surface area (Å²) in [6.45, 7) is 2.41. The van der Waals surface area contributed by atoms with Crippen molar-refractivity contribution in [3.8, 4) is 5.75 Å². The summed E-state index contributed by atoms with van der Waals surface area (Å²) in [5.41, 5.74) is 3.34. The number of aromatic hydroxyl groups is 1. The number of amides is 3. The van der Waals surface area contributed by atoms with Crippen LogP contribution in [0.25, 0.3) is 0 Å². The molecule has 1 aromatic carbocycles. The van der Waals surface area contributed by atoms with E-state index in [-0.39, 0.29) is 11.7 Å². The van der Waals surface area contributed by atoms with Gasteiger partial charge < -0.3 is 14.9 Å². The molecular weight excluding hydrogens is 312 g/mol. The van der Waals surface area contributed by atoms with Gasteiger partial charge in [-0.1, -0.05) is 12.1 Å². The predicted octanol–water partition coefficient (Wildman–Crippen LogP) is -0.117. The van der Waals surface area contributed by atoms with Crippen molar-refractivity contribution in [1.82, 2.24) is 20.5 Å². The number of nitrogens with one attached hydrogen (secondary N) is 2. The Hall–Kier alpha value is -3.10. The number of aliphatic imine (C=N–C) groups is 1. The highest BCUT2D eigenvalue weighted by Crippen LogP contribution is 2.22. The topological polar surface area (TPSA) is 110 Å². The van der Waals surface area contributed by atoms with E-state index in [2.05, 4.69) is 20.8 Å². The molecule has 3 N–H and O–H groups in total. The van der Waals surface area contributed by atoms with Gasteiger partial charge in [0.15, 0.2) is 12.2 Å². The maximum atomic E-state index is 12.1. The summed E-state index contributed by atoms with van der Waals surface area (Å²) in [4.78, 5) is 31.4. The van der Waals surface area contributed by atoms with Crippen molar-refractivity contribution >= 4 is 24.1 Å². The molecule has 1 saturated heterocycles. The molecule has 9 heteroatoms. The molecule has 126 valence electrons. The van der Waals surface area contributed by atoms with Crippen molar-refractivity contribution in [1.29, 1.82) is 0 Å². The molecule has 2 aliphatic rings. The lowest BCUT2D eigenvalue weighted by atomic mass is 10.1. The lowest BCUT2D eigenvalue weighted by Gasteiger charge is -2.35. The van der Waals surface area contributed by atoms with E-state index in [1.807, 2.05) is 6.92 Å². The minimum absolute atomic E-state index is 0.113. The van der Waals surface area contributed by atoms with Gasteiger partial charge in [-0.15, -0.1) is 0 Å². The van der Waals surface area contributed by atoms with E-state index in [1.165, 1.54) is 11.1 Å². The number of carbonyl (C=O) groups excluding carboxylic acids is 2. The molecule has 3 rings (SSSR count). The standard InChI is InChI=1S/C15H18N6O3/c1-3-21-11-12(20(2)15(24)18-13(11)23)17-14(21)19-16-8-9-6-4-5-7-10(9)22/h4-8,11-12,22H,3H2,1-2H3,(H,17,19)(H,18,23,24)/b16-8+. The zero-order valence-electron chi connectivity index (χ0n) is 13.3. The maximum Gasteiger partial charge on any atom is 0.325 e. The Balaban J connectivity index is 1.79. The smallest absolute Gasteiger partial charge is 0.325 e. The minimum atomic E-state index is -0.589. The Kier molecular flexibility index (Phi) is 4.07. The van der Waals surface area contributed by atoms with E-state index in [1.54, 1.807) is 36.2 Å². The molecule has 2 heterocycles. The number of rotatable bonds is 3. The summed E-state index contributed by atoms with van der Waals surface area (Å²) in [6.07, 6.45) is 0.872. The third kappa shape index (κ3) is 2.64. The molecule has 2 atom stereocenters. The van der Waals surface area contributed by atoms with E-state index in [0.29, 0.717) is 18.1 Å². The monoisotopic (exact) mass is 330 g/mol. The lowest BCUT2D eigenvalue weighted by molar-refractivity contribution is -0.127.